The number of benzene rings is 1. The van der Waals surface area contributed by atoms with Crippen molar-refractivity contribution in [2.45, 2.75) is 51.2 Å². The maximum Gasteiger partial charge on any atom is 0.199 e. The van der Waals surface area contributed by atoms with E-state index in [1.807, 2.05) is 39.8 Å². The highest BCUT2D eigenvalue weighted by Crippen LogP contribution is 2.37. The van der Waals surface area contributed by atoms with E-state index < -0.39 is 9.84 Å². The van der Waals surface area contributed by atoms with Gasteiger partial charge in [0.2, 0.25) is 0 Å². The van der Waals surface area contributed by atoms with Gasteiger partial charge >= 0.3 is 0 Å². The zero-order valence-corrected chi connectivity index (χ0v) is 13.3. The van der Waals surface area contributed by atoms with E-state index in [1.54, 1.807) is 12.1 Å². The number of rotatable bonds is 4. The predicted octanol–water partition coefficient (Wildman–Crippen LogP) is 3.49. The quantitative estimate of drug-likeness (QED) is 0.854. The molecular weight excluding hydrogens is 272 g/mol. The van der Waals surface area contributed by atoms with Gasteiger partial charge in [0, 0.05) is 11.3 Å². The molecule has 20 heavy (non-hydrogen) atoms. The second-order valence-electron chi connectivity index (χ2n) is 5.77. The maximum atomic E-state index is 12.3. The van der Waals surface area contributed by atoms with Gasteiger partial charge in [0.25, 0.3) is 0 Å². The summed E-state index contributed by atoms with van der Waals surface area (Å²) in [5.74, 6) is 0.178. The molecule has 1 fully saturated rings. The lowest BCUT2D eigenvalue weighted by molar-refractivity contribution is -0.0416. The van der Waals surface area contributed by atoms with Crippen LogP contribution in [-0.2, 0) is 14.6 Å². The molecule has 0 aromatic heterocycles. The summed E-state index contributed by atoms with van der Waals surface area (Å²) in [7, 11) is -3.34. The lowest BCUT2D eigenvalue weighted by Gasteiger charge is -2.38. The van der Waals surface area contributed by atoms with E-state index in [2.05, 4.69) is 0 Å². The Morgan fingerprint density at radius 1 is 1.25 bits per heavy atom. The summed E-state index contributed by atoms with van der Waals surface area (Å²) in [6.45, 7) is 7.96. The third kappa shape index (κ3) is 3.30. The predicted molar refractivity (Wildman–Crippen MR) is 80.2 cm³/mol. The summed E-state index contributed by atoms with van der Waals surface area (Å²) in [5, 5.41) is 1.42. The van der Waals surface area contributed by atoms with Gasteiger partial charge in [-0.2, -0.15) is 0 Å². The molecule has 1 aliphatic carbocycles. The van der Waals surface area contributed by atoms with Crippen molar-refractivity contribution in [3.8, 4) is 0 Å². The SMILES string of the molecule is Cc1ccc(S(=O)(=O)/C=C2/C[C@@H](OC(C)C)[C@@H]2C)cc1. The molecule has 2 atom stereocenters. The van der Waals surface area contributed by atoms with Crippen LogP contribution in [0.15, 0.2) is 40.1 Å². The first-order valence-corrected chi connectivity index (χ1v) is 8.52. The van der Waals surface area contributed by atoms with Crippen molar-refractivity contribution in [1.29, 1.82) is 0 Å². The lowest BCUT2D eigenvalue weighted by atomic mass is 9.78. The van der Waals surface area contributed by atoms with Crippen LogP contribution in [0, 0.1) is 12.8 Å². The zero-order chi connectivity index (χ0) is 14.9. The van der Waals surface area contributed by atoms with E-state index in [1.165, 1.54) is 5.41 Å². The minimum absolute atomic E-state index is 0.148. The first-order chi connectivity index (χ1) is 9.29. The average molecular weight is 294 g/mol. The van der Waals surface area contributed by atoms with Crippen LogP contribution in [0.1, 0.15) is 32.8 Å². The minimum Gasteiger partial charge on any atom is -0.375 e. The van der Waals surface area contributed by atoms with Gasteiger partial charge in [0.15, 0.2) is 9.84 Å². The standard InChI is InChI=1S/C16H22O3S/c1-11(2)19-16-9-14(13(16)4)10-20(17,18)15-7-5-12(3)6-8-15/h5-8,10-11,13,16H,9H2,1-4H3/b14-10-/t13-,16-/m1/s1. The third-order valence-corrected chi connectivity index (χ3v) is 5.22. The fourth-order valence-electron chi connectivity index (χ4n) is 2.34. The van der Waals surface area contributed by atoms with E-state index in [0.29, 0.717) is 11.3 Å². The Bertz CT molecular complexity index is 597. The Morgan fingerprint density at radius 3 is 2.35 bits per heavy atom. The molecule has 0 saturated heterocycles. The van der Waals surface area contributed by atoms with E-state index in [-0.39, 0.29) is 18.1 Å². The van der Waals surface area contributed by atoms with Crippen molar-refractivity contribution < 1.29 is 13.2 Å². The molecule has 2 rings (SSSR count). The van der Waals surface area contributed by atoms with Crippen LogP contribution >= 0.6 is 0 Å². The molecule has 1 saturated carbocycles. The molecule has 0 N–H and O–H groups in total. The van der Waals surface area contributed by atoms with Crippen molar-refractivity contribution in [1.82, 2.24) is 0 Å². The monoisotopic (exact) mass is 294 g/mol. The molecule has 1 aromatic carbocycles. The van der Waals surface area contributed by atoms with Crippen molar-refractivity contribution in [2.75, 3.05) is 0 Å². The molecule has 0 bridgehead atoms. The Hall–Kier alpha value is -1.13. The highest BCUT2D eigenvalue weighted by Gasteiger charge is 2.35. The Labute approximate surface area is 121 Å². The number of ether oxygens (including phenoxy) is 1. The van der Waals surface area contributed by atoms with Gasteiger partial charge in [0.05, 0.1) is 17.1 Å². The van der Waals surface area contributed by atoms with Crippen molar-refractivity contribution in [3.63, 3.8) is 0 Å². The summed E-state index contributed by atoms with van der Waals surface area (Å²) in [6.07, 6.45) is 1.04. The van der Waals surface area contributed by atoms with E-state index in [0.717, 1.165) is 11.1 Å². The van der Waals surface area contributed by atoms with Crippen LogP contribution in [0.2, 0.25) is 0 Å². The number of hydrogen-bond donors (Lipinski definition) is 0. The van der Waals surface area contributed by atoms with Gasteiger partial charge in [-0.05, 0) is 39.3 Å². The van der Waals surface area contributed by atoms with Crippen LogP contribution in [-0.4, -0.2) is 20.6 Å². The first-order valence-electron chi connectivity index (χ1n) is 6.97. The van der Waals surface area contributed by atoms with Crippen LogP contribution in [0.25, 0.3) is 0 Å². The second-order valence-corrected chi connectivity index (χ2v) is 7.56. The lowest BCUT2D eigenvalue weighted by Crippen LogP contribution is -2.36. The molecule has 0 spiro atoms. The van der Waals surface area contributed by atoms with Gasteiger partial charge in [-0.15, -0.1) is 0 Å². The molecule has 0 aliphatic heterocycles. The maximum absolute atomic E-state index is 12.3. The first kappa shape index (κ1) is 15.3. The summed E-state index contributed by atoms with van der Waals surface area (Å²) < 4.78 is 30.3. The van der Waals surface area contributed by atoms with Crippen molar-refractivity contribution >= 4 is 9.84 Å². The summed E-state index contributed by atoms with van der Waals surface area (Å²) in [4.78, 5) is 0.357. The Balaban J connectivity index is 2.13. The van der Waals surface area contributed by atoms with Crippen LogP contribution in [0.4, 0.5) is 0 Å². The summed E-state index contributed by atoms with van der Waals surface area (Å²) in [5.41, 5.74) is 2.01. The Kier molecular flexibility index (Phi) is 4.35. The molecule has 0 radical (unpaired) electrons. The molecular formula is C16H22O3S. The van der Waals surface area contributed by atoms with E-state index in [9.17, 15) is 8.42 Å². The third-order valence-electron chi connectivity index (χ3n) is 3.68. The molecule has 0 unspecified atom stereocenters. The normalized spacial score (nSPS) is 24.9. The Morgan fingerprint density at radius 2 is 1.85 bits per heavy atom. The molecule has 1 aromatic rings. The molecule has 4 heteroatoms. The molecule has 0 heterocycles. The van der Waals surface area contributed by atoms with E-state index in [4.69, 9.17) is 4.74 Å². The van der Waals surface area contributed by atoms with E-state index >= 15 is 0 Å². The molecule has 3 nitrogen and oxygen atoms in total. The molecule has 1 aliphatic rings. The highest BCUT2D eigenvalue weighted by molar-refractivity contribution is 7.94. The summed E-state index contributed by atoms with van der Waals surface area (Å²) >= 11 is 0. The van der Waals surface area contributed by atoms with Gasteiger partial charge in [-0.3, -0.25) is 0 Å². The van der Waals surface area contributed by atoms with Gasteiger partial charge in [-0.25, -0.2) is 8.42 Å². The average Bonchev–Trinajstić information content (AvgIpc) is 2.37. The topological polar surface area (TPSA) is 43.4 Å². The van der Waals surface area contributed by atoms with Crippen molar-refractivity contribution in [3.05, 3.63) is 40.8 Å². The fraction of sp³-hybridized carbons (Fsp3) is 0.500. The van der Waals surface area contributed by atoms with Crippen LogP contribution in [0.5, 0.6) is 0 Å². The fourth-order valence-corrected chi connectivity index (χ4v) is 3.70. The highest BCUT2D eigenvalue weighted by atomic mass is 32.2. The minimum atomic E-state index is -3.34. The van der Waals surface area contributed by atoms with Crippen molar-refractivity contribution in [2.24, 2.45) is 5.92 Å². The molecule has 110 valence electrons. The molecule has 0 amide bonds. The zero-order valence-electron chi connectivity index (χ0n) is 12.5. The van der Waals surface area contributed by atoms with Crippen LogP contribution < -0.4 is 0 Å². The van der Waals surface area contributed by atoms with Gasteiger partial charge in [0.1, 0.15) is 0 Å². The number of hydrogen-bond acceptors (Lipinski definition) is 3. The van der Waals surface area contributed by atoms with Crippen LogP contribution in [0.3, 0.4) is 0 Å². The largest absolute Gasteiger partial charge is 0.375 e. The smallest absolute Gasteiger partial charge is 0.199 e. The van der Waals surface area contributed by atoms with Gasteiger partial charge in [-0.1, -0.05) is 30.2 Å². The summed E-state index contributed by atoms with van der Waals surface area (Å²) in [6, 6.07) is 6.96. The second kappa shape index (κ2) is 5.70. The number of sulfone groups is 1. The van der Waals surface area contributed by atoms with Gasteiger partial charge < -0.3 is 4.74 Å². The number of aryl methyl sites for hydroxylation is 1.